The van der Waals surface area contributed by atoms with Gasteiger partial charge in [0.05, 0.1) is 0 Å². The van der Waals surface area contributed by atoms with Crippen LogP contribution in [0.2, 0.25) is 0 Å². The first kappa shape index (κ1) is 13.8. The Labute approximate surface area is 82.5 Å². The molecule has 4 nitrogen and oxygen atoms in total. The Hall–Kier alpha value is -1.22. The number of pyridine rings is 1. The lowest BCUT2D eigenvalue weighted by molar-refractivity contribution is -0.526. The summed E-state index contributed by atoms with van der Waals surface area (Å²) in [5.74, 6) is 0. The largest absolute Gasteiger partial charge is 1.00 e. The average Bonchev–Trinajstić information content (AvgIpc) is 2.01. The molecule has 0 N–H and O–H groups in total. The highest BCUT2D eigenvalue weighted by Gasteiger charge is 2.41. The number of nitrogens with zero attached hydrogens (tertiary/aromatic N) is 1. The molecule has 86 valence electrons. The van der Waals surface area contributed by atoms with E-state index in [0.29, 0.717) is 3.97 Å². The van der Waals surface area contributed by atoms with Crippen LogP contribution in [0, 0.1) is 0 Å². The number of hydrogen-bond donors (Lipinski definition) is 0. The smallest absolute Gasteiger partial charge is 0.541 e. The maximum Gasteiger partial charge on any atom is 0.541 e. The predicted octanol–water partition coefficient (Wildman–Crippen LogP) is -2.39. The summed E-state index contributed by atoms with van der Waals surface area (Å²) < 4.78 is 59.9. The molecule has 0 saturated carbocycles. The van der Waals surface area contributed by atoms with Crippen LogP contribution in [0.25, 0.3) is 0 Å². The molecule has 9 heteroatoms. The minimum atomic E-state index is -5.22. The van der Waals surface area contributed by atoms with Gasteiger partial charge in [-0.2, -0.15) is 0 Å². The van der Waals surface area contributed by atoms with Gasteiger partial charge in [-0.3, -0.25) is 0 Å². The van der Waals surface area contributed by atoms with Gasteiger partial charge < -0.3 is 4.70 Å². The first-order chi connectivity index (χ1) is 6.31. The van der Waals surface area contributed by atoms with Crippen molar-refractivity contribution >= 4 is 10.3 Å². The molecule has 1 rings (SSSR count). The molecule has 0 aromatic carbocycles. The molecule has 0 aliphatic rings. The zero-order chi connectivity index (χ0) is 10.8. The predicted molar refractivity (Wildman–Crippen MR) is 38.1 cm³/mol. The van der Waals surface area contributed by atoms with E-state index in [-0.39, 0.29) is 4.70 Å². The molecule has 1 heterocycles. The molecular formula is C6H5F4NO3S. The quantitative estimate of drug-likeness (QED) is 0.432. The normalized spacial score (nSPS) is 11.9. The van der Waals surface area contributed by atoms with Gasteiger partial charge in [0.15, 0.2) is 12.4 Å². The van der Waals surface area contributed by atoms with Crippen molar-refractivity contribution in [1.29, 1.82) is 0 Å². The fraction of sp³-hybridized carbons (Fsp3) is 0.167. The number of rotatable bonds is 2. The van der Waals surface area contributed by atoms with Crippen molar-refractivity contribution in [3.05, 3.63) is 30.6 Å². The van der Waals surface area contributed by atoms with Gasteiger partial charge in [-0.05, 0) is 0 Å². The first-order valence-electron chi connectivity index (χ1n) is 3.30. The maximum absolute atomic E-state index is 11.6. The Kier molecular flexibility index (Phi) is 4.16. The van der Waals surface area contributed by atoms with Crippen LogP contribution < -0.4 is 8.68 Å². The van der Waals surface area contributed by atoms with E-state index < -0.39 is 16.7 Å². The van der Waals surface area contributed by atoms with Crippen molar-refractivity contribution in [1.82, 2.24) is 0 Å². The first-order valence-corrected chi connectivity index (χ1v) is 4.67. The van der Waals surface area contributed by atoms with E-state index in [4.69, 9.17) is 0 Å². The standard InChI is InChI=1S/C6H5F3NO3S.FH/c7-6(8,9)13-14(11,12)10-4-2-1-3-5-10;/h1-5H;1H/q+1;/p-1. The summed E-state index contributed by atoms with van der Waals surface area (Å²) in [5, 5.41) is 0. The number of aromatic nitrogens is 1. The van der Waals surface area contributed by atoms with E-state index >= 15 is 0 Å². The topological polar surface area (TPSA) is 47.3 Å². The minimum absolute atomic E-state index is 0. The molecule has 0 radical (unpaired) electrons. The van der Waals surface area contributed by atoms with Crippen LogP contribution in [-0.4, -0.2) is 14.8 Å². The fourth-order valence-electron chi connectivity index (χ4n) is 0.694. The van der Waals surface area contributed by atoms with Gasteiger partial charge in [0.25, 0.3) is 0 Å². The van der Waals surface area contributed by atoms with Crippen molar-refractivity contribution in [2.24, 2.45) is 0 Å². The third-order valence-electron chi connectivity index (χ3n) is 1.15. The molecule has 0 spiro atoms. The van der Waals surface area contributed by atoms with Crippen LogP contribution in [0.15, 0.2) is 30.6 Å². The van der Waals surface area contributed by atoms with E-state index in [9.17, 15) is 21.6 Å². The Bertz CT molecular complexity index is 402. The van der Waals surface area contributed by atoms with Crippen LogP contribution >= 0.6 is 0 Å². The molecule has 0 atom stereocenters. The number of halogens is 4. The van der Waals surface area contributed by atoms with Gasteiger partial charge in [0.1, 0.15) is 0 Å². The highest BCUT2D eigenvalue weighted by molar-refractivity contribution is 7.80. The molecule has 0 aliphatic heterocycles. The lowest BCUT2D eigenvalue weighted by Gasteiger charge is -2.02. The molecule has 0 unspecified atom stereocenters. The Morgan fingerprint density at radius 3 is 1.93 bits per heavy atom. The molecule has 0 saturated heterocycles. The SMILES string of the molecule is O=S(=O)(OC(F)(F)F)[n+]1ccccc1.[F-]. The summed E-state index contributed by atoms with van der Waals surface area (Å²) in [4.78, 5) is 0. The summed E-state index contributed by atoms with van der Waals surface area (Å²) in [6, 6.07) is 3.98. The number of alkyl halides is 3. The van der Waals surface area contributed by atoms with Crippen molar-refractivity contribution in [2.75, 3.05) is 0 Å². The summed E-state index contributed by atoms with van der Waals surface area (Å²) in [7, 11) is -4.83. The third-order valence-corrected chi connectivity index (χ3v) is 2.31. The summed E-state index contributed by atoms with van der Waals surface area (Å²) >= 11 is 0. The summed E-state index contributed by atoms with van der Waals surface area (Å²) in [6.45, 7) is 0. The second-order valence-electron chi connectivity index (χ2n) is 2.19. The van der Waals surface area contributed by atoms with Gasteiger partial charge in [-0.1, -0.05) is 10.0 Å². The van der Waals surface area contributed by atoms with Crippen LogP contribution in [0.3, 0.4) is 0 Å². The lowest BCUT2D eigenvalue weighted by atomic mass is 10.5. The maximum atomic E-state index is 11.6. The van der Waals surface area contributed by atoms with Gasteiger partial charge in [0, 0.05) is 12.1 Å². The Balaban J connectivity index is 0.00000196. The van der Waals surface area contributed by atoms with Crippen LogP contribution in [0.4, 0.5) is 13.2 Å². The van der Waals surface area contributed by atoms with Crippen molar-refractivity contribution in [3.63, 3.8) is 0 Å². The molecule has 1 aromatic heterocycles. The minimum Gasteiger partial charge on any atom is -1.00 e. The molecular weight excluding hydrogens is 242 g/mol. The lowest BCUT2D eigenvalue weighted by Crippen LogP contribution is -3.00. The highest BCUT2D eigenvalue weighted by Crippen LogP contribution is 2.18. The molecule has 0 fully saturated rings. The number of hydrogen-bond acceptors (Lipinski definition) is 3. The Morgan fingerprint density at radius 2 is 1.53 bits per heavy atom. The molecule has 0 aliphatic carbocycles. The van der Waals surface area contributed by atoms with Crippen LogP contribution in [0.1, 0.15) is 0 Å². The molecule has 0 bridgehead atoms. The molecule has 0 amide bonds. The van der Waals surface area contributed by atoms with Crippen molar-refractivity contribution in [2.45, 2.75) is 6.36 Å². The van der Waals surface area contributed by atoms with Gasteiger partial charge in [-0.15, -0.1) is 25.8 Å². The fourth-order valence-corrected chi connectivity index (χ4v) is 1.46. The van der Waals surface area contributed by atoms with Crippen molar-refractivity contribution < 1.29 is 34.4 Å². The second kappa shape index (κ2) is 4.53. The van der Waals surface area contributed by atoms with Gasteiger partial charge >= 0.3 is 16.7 Å². The van der Waals surface area contributed by atoms with Crippen LogP contribution in [0.5, 0.6) is 0 Å². The van der Waals surface area contributed by atoms with E-state index in [1.807, 2.05) is 0 Å². The van der Waals surface area contributed by atoms with E-state index in [2.05, 4.69) is 4.18 Å². The van der Waals surface area contributed by atoms with E-state index in [1.54, 1.807) is 0 Å². The zero-order valence-electron chi connectivity index (χ0n) is 6.98. The van der Waals surface area contributed by atoms with Crippen molar-refractivity contribution in [3.8, 4) is 0 Å². The third kappa shape index (κ3) is 4.21. The van der Waals surface area contributed by atoms with Gasteiger partial charge in [0.2, 0.25) is 0 Å². The van der Waals surface area contributed by atoms with E-state index in [0.717, 1.165) is 12.4 Å². The highest BCUT2D eigenvalue weighted by atomic mass is 32.2. The molecule has 15 heavy (non-hydrogen) atoms. The van der Waals surface area contributed by atoms with Crippen LogP contribution in [-0.2, 0) is 14.5 Å². The molecule has 1 aromatic rings. The Morgan fingerprint density at radius 1 is 1.07 bits per heavy atom. The summed E-state index contributed by atoms with van der Waals surface area (Å²) in [6.07, 6.45) is -3.36. The average molecular weight is 247 g/mol. The van der Waals surface area contributed by atoms with Gasteiger partial charge in [-0.25, -0.2) is 0 Å². The monoisotopic (exact) mass is 247 g/mol. The van der Waals surface area contributed by atoms with E-state index in [1.165, 1.54) is 18.2 Å². The second-order valence-corrected chi connectivity index (χ2v) is 3.64. The zero-order valence-corrected chi connectivity index (χ0v) is 7.80. The summed E-state index contributed by atoms with van der Waals surface area (Å²) in [5.41, 5.74) is 0.